The summed E-state index contributed by atoms with van der Waals surface area (Å²) in [7, 11) is 0. The average Bonchev–Trinajstić information content (AvgIpc) is 2.98. The van der Waals surface area contributed by atoms with Gasteiger partial charge in [-0.25, -0.2) is 0 Å². The number of benzene rings is 1. The van der Waals surface area contributed by atoms with Crippen LogP contribution in [0.4, 0.5) is 13.2 Å². The Morgan fingerprint density at radius 3 is 2.52 bits per heavy atom. The predicted octanol–water partition coefficient (Wildman–Crippen LogP) is 4.57. The van der Waals surface area contributed by atoms with E-state index in [-0.39, 0.29) is 0 Å². The van der Waals surface area contributed by atoms with Crippen molar-refractivity contribution in [1.29, 1.82) is 0 Å². The van der Waals surface area contributed by atoms with E-state index < -0.39 is 11.7 Å². The SMILES string of the molecule is FC(F)(F)c1ccc2c(c1)ncc1ccc(-c3ccccn3)n12. The Hall–Kier alpha value is -2.89. The van der Waals surface area contributed by atoms with Crippen LogP contribution in [0.3, 0.4) is 0 Å². The molecule has 1 aromatic carbocycles. The van der Waals surface area contributed by atoms with Gasteiger partial charge in [-0.05, 0) is 42.5 Å². The summed E-state index contributed by atoms with van der Waals surface area (Å²) in [5, 5.41) is 0. The van der Waals surface area contributed by atoms with E-state index in [1.54, 1.807) is 12.4 Å². The van der Waals surface area contributed by atoms with E-state index in [1.165, 1.54) is 6.07 Å². The summed E-state index contributed by atoms with van der Waals surface area (Å²) >= 11 is 0. The molecule has 0 atom stereocenters. The molecule has 4 rings (SSSR count). The standard InChI is InChI=1S/C17H10F3N3/c18-17(19,20)11-4-6-16-14(9-11)22-10-12-5-7-15(23(12)16)13-3-1-2-8-21-13/h1-10H. The summed E-state index contributed by atoms with van der Waals surface area (Å²) in [4.78, 5) is 8.46. The molecule has 0 aliphatic heterocycles. The van der Waals surface area contributed by atoms with E-state index in [2.05, 4.69) is 9.97 Å². The van der Waals surface area contributed by atoms with Crippen LogP contribution in [0.1, 0.15) is 5.56 Å². The van der Waals surface area contributed by atoms with Crippen LogP contribution in [0.2, 0.25) is 0 Å². The number of rotatable bonds is 1. The zero-order chi connectivity index (χ0) is 16.0. The van der Waals surface area contributed by atoms with Crippen LogP contribution in [0, 0.1) is 0 Å². The maximum absolute atomic E-state index is 12.9. The highest BCUT2D eigenvalue weighted by atomic mass is 19.4. The molecule has 0 bridgehead atoms. The first kappa shape index (κ1) is 13.8. The number of nitrogens with zero attached hydrogens (tertiary/aromatic N) is 3. The van der Waals surface area contributed by atoms with E-state index in [0.29, 0.717) is 11.0 Å². The molecule has 0 unspecified atom stereocenters. The average molecular weight is 313 g/mol. The second-order valence-corrected chi connectivity index (χ2v) is 5.15. The molecule has 6 heteroatoms. The van der Waals surface area contributed by atoms with Crippen LogP contribution < -0.4 is 0 Å². The van der Waals surface area contributed by atoms with Crippen molar-refractivity contribution in [2.75, 3.05) is 0 Å². The maximum atomic E-state index is 12.9. The third kappa shape index (κ3) is 2.23. The van der Waals surface area contributed by atoms with Crippen molar-refractivity contribution in [1.82, 2.24) is 14.4 Å². The zero-order valence-electron chi connectivity index (χ0n) is 11.7. The van der Waals surface area contributed by atoms with Gasteiger partial charge in [0, 0.05) is 6.20 Å². The van der Waals surface area contributed by atoms with Crippen LogP contribution in [0.15, 0.2) is 60.9 Å². The summed E-state index contributed by atoms with van der Waals surface area (Å²) in [5.41, 5.74) is 2.57. The summed E-state index contributed by atoms with van der Waals surface area (Å²) in [6, 6.07) is 12.9. The number of hydrogen-bond donors (Lipinski definition) is 0. The minimum atomic E-state index is -4.38. The molecule has 0 saturated heterocycles. The number of halogens is 3. The Labute approximate surface area is 129 Å². The second kappa shape index (κ2) is 4.81. The highest BCUT2D eigenvalue weighted by Crippen LogP contribution is 2.32. The van der Waals surface area contributed by atoms with Gasteiger partial charge in [-0.15, -0.1) is 0 Å². The molecular weight excluding hydrogens is 303 g/mol. The first-order valence-corrected chi connectivity index (χ1v) is 6.93. The number of aromatic nitrogens is 3. The first-order valence-electron chi connectivity index (χ1n) is 6.93. The highest BCUT2D eigenvalue weighted by molar-refractivity contribution is 5.82. The Kier molecular flexibility index (Phi) is 2.87. The molecule has 0 spiro atoms. The van der Waals surface area contributed by atoms with Gasteiger partial charge < -0.3 is 4.40 Å². The molecule has 0 fully saturated rings. The molecule has 3 heterocycles. The number of pyridine rings is 1. The summed E-state index contributed by atoms with van der Waals surface area (Å²) in [6.45, 7) is 0. The minimum Gasteiger partial charge on any atom is -0.305 e. The lowest BCUT2D eigenvalue weighted by atomic mass is 10.2. The van der Waals surface area contributed by atoms with Gasteiger partial charge in [-0.3, -0.25) is 9.97 Å². The Balaban J connectivity index is 2.03. The van der Waals surface area contributed by atoms with Crippen LogP contribution in [0.5, 0.6) is 0 Å². The van der Waals surface area contributed by atoms with Gasteiger partial charge in [0.05, 0.1) is 39.7 Å². The summed E-state index contributed by atoms with van der Waals surface area (Å²) in [5.74, 6) is 0. The Bertz CT molecular complexity index is 1000. The fourth-order valence-corrected chi connectivity index (χ4v) is 2.66. The molecule has 0 amide bonds. The van der Waals surface area contributed by atoms with Gasteiger partial charge in [-0.2, -0.15) is 13.2 Å². The van der Waals surface area contributed by atoms with Gasteiger partial charge in [0.25, 0.3) is 0 Å². The molecule has 114 valence electrons. The van der Waals surface area contributed by atoms with E-state index in [1.807, 2.05) is 34.7 Å². The normalized spacial score (nSPS) is 12.1. The predicted molar refractivity (Wildman–Crippen MR) is 80.9 cm³/mol. The van der Waals surface area contributed by atoms with Crippen molar-refractivity contribution in [3.05, 3.63) is 66.5 Å². The molecule has 0 aliphatic rings. The largest absolute Gasteiger partial charge is 0.416 e. The highest BCUT2D eigenvalue weighted by Gasteiger charge is 2.30. The van der Waals surface area contributed by atoms with Crippen molar-refractivity contribution in [3.63, 3.8) is 0 Å². The fourth-order valence-electron chi connectivity index (χ4n) is 2.66. The van der Waals surface area contributed by atoms with Crippen molar-refractivity contribution in [2.24, 2.45) is 0 Å². The van der Waals surface area contributed by atoms with E-state index in [0.717, 1.165) is 29.0 Å². The lowest BCUT2D eigenvalue weighted by molar-refractivity contribution is -0.137. The molecule has 0 radical (unpaired) electrons. The molecule has 3 aromatic heterocycles. The van der Waals surface area contributed by atoms with Gasteiger partial charge in [-0.1, -0.05) is 6.07 Å². The molecule has 4 aromatic rings. The Morgan fingerprint density at radius 1 is 0.913 bits per heavy atom. The number of hydrogen-bond acceptors (Lipinski definition) is 2. The number of alkyl halides is 3. The lowest BCUT2D eigenvalue weighted by Crippen LogP contribution is -2.05. The molecule has 23 heavy (non-hydrogen) atoms. The third-order valence-electron chi connectivity index (χ3n) is 3.72. The van der Waals surface area contributed by atoms with Crippen molar-refractivity contribution in [3.8, 4) is 11.4 Å². The summed E-state index contributed by atoms with van der Waals surface area (Å²) in [6.07, 6.45) is -1.14. The smallest absolute Gasteiger partial charge is 0.305 e. The van der Waals surface area contributed by atoms with Crippen LogP contribution >= 0.6 is 0 Å². The third-order valence-corrected chi connectivity index (χ3v) is 3.72. The van der Waals surface area contributed by atoms with Gasteiger partial charge >= 0.3 is 6.18 Å². The van der Waals surface area contributed by atoms with Crippen LogP contribution in [-0.2, 0) is 6.18 Å². The zero-order valence-corrected chi connectivity index (χ0v) is 11.7. The van der Waals surface area contributed by atoms with E-state index in [4.69, 9.17) is 0 Å². The van der Waals surface area contributed by atoms with E-state index in [9.17, 15) is 13.2 Å². The van der Waals surface area contributed by atoms with Crippen LogP contribution in [-0.4, -0.2) is 14.4 Å². The van der Waals surface area contributed by atoms with Crippen LogP contribution in [0.25, 0.3) is 27.9 Å². The Morgan fingerprint density at radius 2 is 1.78 bits per heavy atom. The number of fused-ring (bicyclic) bond motifs is 3. The minimum absolute atomic E-state index is 0.292. The molecule has 3 nitrogen and oxygen atoms in total. The van der Waals surface area contributed by atoms with Gasteiger partial charge in [0.2, 0.25) is 0 Å². The fraction of sp³-hybridized carbons (Fsp3) is 0.0588. The molecular formula is C17H10F3N3. The molecule has 0 saturated carbocycles. The second-order valence-electron chi connectivity index (χ2n) is 5.15. The van der Waals surface area contributed by atoms with Crippen molar-refractivity contribution in [2.45, 2.75) is 6.18 Å². The quantitative estimate of drug-likeness (QED) is 0.515. The summed E-state index contributed by atoms with van der Waals surface area (Å²) < 4.78 is 40.5. The first-order chi connectivity index (χ1) is 11.0. The van der Waals surface area contributed by atoms with Gasteiger partial charge in [0.1, 0.15) is 0 Å². The molecule has 0 aliphatic carbocycles. The monoisotopic (exact) mass is 313 g/mol. The topological polar surface area (TPSA) is 30.2 Å². The van der Waals surface area contributed by atoms with E-state index >= 15 is 0 Å². The van der Waals surface area contributed by atoms with Crippen molar-refractivity contribution < 1.29 is 13.2 Å². The molecule has 0 N–H and O–H groups in total. The maximum Gasteiger partial charge on any atom is 0.416 e. The van der Waals surface area contributed by atoms with Gasteiger partial charge in [0.15, 0.2) is 0 Å². The van der Waals surface area contributed by atoms with Crippen molar-refractivity contribution >= 4 is 16.6 Å². The lowest BCUT2D eigenvalue weighted by Gasteiger charge is -2.10.